The summed E-state index contributed by atoms with van der Waals surface area (Å²) in [5, 5.41) is 5.22. The Labute approximate surface area is 164 Å². The fraction of sp³-hybridized carbons (Fsp3) is 0.100. The van der Waals surface area contributed by atoms with Crippen molar-refractivity contribution >= 4 is 31.5 Å². The Hall–Kier alpha value is -3.44. The van der Waals surface area contributed by atoms with Gasteiger partial charge in [0.05, 0.1) is 11.4 Å². The van der Waals surface area contributed by atoms with Crippen LogP contribution in [-0.4, -0.2) is 11.8 Å². The molecule has 0 aromatic heterocycles. The minimum absolute atomic E-state index is 0.299. The third kappa shape index (κ3) is 7.05. The molecule has 2 rings (SSSR count). The summed E-state index contributed by atoms with van der Waals surface area (Å²) in [5.74, 6) is -0.599. The van der Waals surface area contributed by atoms with Crippen molar-refractivity contribution in [2.45, 2.75) is 13.8 Å². The van der Waals surface area contributed by atoms with Crippen LogP contribution >= 0.6 is 8.25 Å². The molecule has 0 aliphatic rings. The first-order valence-corrected chi connectivity index (χ1v) is 9.42. The Balaban J connectivity index is 2.11. The van der Waals surface area contributed by atoms with Gasteiger partial charge in [0, 0.05) is 29.5 Å². The van der Waals surface area contributed by atoms with Crippen molar-refractivity contribution in [3.05, 3.63) is 84.3 Å². The molecular weight excluding hydrogens is 379 g/mol. The van der Waals surface area contributed by atoms with Crippen LogP contribution in [0.15, 0.2) is 73.2 Å². The fourth-order valence-electron chi connectivity index (χ4n) is 2.17. The third-order valence-corrected chi connectivity index (χ3v) is 3.86. The molecule has 2 N–H and O–H groups in total. The molecule has 0 aliphatic heterocycles. The van der Waals surface area contributed by atoms with E-state index < -0.39 is 8.25 Å². The van der Waals surface area contributed by atoms with Gasteiger partial charge in [-0.2, -0.15) is 0 Å². The molecule has 144 valence electrons. The van der Waals surface area contributed by atoms with Crippen molar-refractivity contribution in [3.8, 4) is 0 Å². The molecule has 0 fully saturated rings. The Kier molecular flexibility index (Phi) is 7.93. The van der Waals surface area contributed by atoms with Gasteiger partial charge >= 0.3 is 8.25 Å². The highest BCUT2D eigenvalue weighted by Crippen LogP contribution is 2.28. The number of carbonyl (C=O) groups excluding carboxylic acids is 2. The van der Waals surface area contributed by atoms with Crippen LogP contribution in [0.3, 0.4) is 0 Å². The largest absolute Gasteiger partial charge is 0.804 e. The maximum absolute atomic E-state index is 12.1. The second kappa shape index (κ2) is 10.6. The van der Waals surface area contributed by atoms with E-state index in [0.29, 0.717) is 22.5 Å². The molecule has 0 spiro atoms. The van der Waals surface area contributed by atoms with Gasteiger partial charge < -0.3 is 10.6 Å². The average Bonchev–Trinajstić information content (AvgIpc) is 2.69. The summed E-state index contributed by atoms with van der Waals surface area (Å²) >= 11 is 0. The zero-order chi connectivity index (χ0) is 20.4. The van der Waals surface area contributed by atoms with Gasteiger partial charge in [-0.1, -0.05) is 60.7 Å². The van der Waals surface area contributed by atoms with Gasteiger partial charge in [0.2, 0.25) is 11.8 Å². The summed E-state index contributed by atoms with van der Waals surface area (Å²) in [5.41, 5.74) is 2.04. The molecule has 2 amide bonds. The molecule has 0 radical (unpaired) electrons. The van der Waals surface area contributed by atoms with Gasteiger partial charge in [0.1, 0.15) is 0 Å². The summed E-state index contributed by atoms with van der Waals surface area (Å²) in [4.78, 5) is 22.8. The van der Waals surface area contributed by atoms with E-state index in [1.54, 1.807) is 48.5 Å². The zero-order valence-electron chi connectivity index (χ0n) is 15.4. The lowest BCUT2D eigenvalue weighted by atomic mass is 10.2. The van der Waals surface area contributed by atoms with Gasteiger partial charge in [-0.15, -0.1) is 0 Å². The topological polar surface area (TPSA) is 93.7 Å². The summed E-state index contributed by atoms with van der Waals surface area (Å²) < 4.78 is 22.3. The van der Waals surface area contributed by atoms with Crippen LogP contribution in [0.4, 0.5) is 0 Å². The van der Waals surface area contributed by atoms with E-state index in [1.165, 1.54) is 13.8 Å². The molecule has 2 aromatic carbocycles. The van der Waals surface area contributed by atoms with Gasteiger partial charge in [-0.05, 0) is 0 Å². The van der Waals surface area contributed by atoms with Crippen LogP contribution in [0.1, 0.15) is 25.0 Å². The summed E-state index contributed by atoms with van der Waals surface area (Å²) in [6, 6.07) is 17.9. The predicted molar refractivity (Wildman–Crippen MR) is 106 cm³/mol. The molecule has 28 heavy (non-hydrogen) atoms. The second-order valence-electron chi connectivity index (χ2n) is 5.59. The number of carbonyl (C=O) groups is 2. The fourth-order valence-corrected chi connectivity index (χ4v) is 2.60. The van der Waals surface area contributed by atoms with Crippen molar-refractivity contribution in [1.29, 1.82) is 0 Å². The van der Waals surface area contributed by atoms with Crippen LogP contribution in [0.25, 0.3) is 11.4 Å². The molecule has 0 bridgehead atoms. The highest BCUT2D eigenvalue weighted by molar-refractivity contribution is 7.33. The number of rotatable bonds is 8. The molecule has 0 aliphatic carbocycles. The monoisotopic (exact) mass is 399 g/mol. The first-order valence-electron chi connectivity index (χ1n) is 8.33. The van der Waals surface area contributed by atoms with Crippen molar-refractivity contribution in [1.82, 2.24) is 10.6 Å². The van der Waals surface area contributed by atoms with Crippen molar-refractivity contribution in [2.75, 3.05) is 0 Å². The van der Waals surface area contributed by atoms with Crippen molar-refractivity contribution in [3.63, 3.8) is 0 Å². The molecular formula is C20H20N2O5P+. The number of benzene rings is 2. The van der Waals surface area contributed by atoms with Crippen LogP contribution in [0, 0.1) is 0 Å². The van der Waals surface area contributed by atoms with Gasteiger partial charge in [0.15, 0.2) is 12.5 Å². The van der Waals surface area contributed by atoms with Gasteiger partial charge in [0.25, 0.3) is 0 Å². The Bertz CT molecular complexity index is 822. The normalized spacial score (nSPS) is 11.4. The maximum atomic E-state index is 12.1. The lowest BCUT2D eigenvalue weighted by molar-refractivity contribution is -0.118. The second-order valence-corrected chi connectivity index (χ2v) is 6.46. The smallest absolute Gasteiger partial charge is 0.323 e. The van der Waals surface area contributed by atoms with Crippen molar-refractivity contribution in [2.24, 2.45) is 0 Å². The number of nitrogens with one attached hydrogen (secondary N) is 2. The molecule has 0 atom stereocenters. The van der Waals surface area contributed by atoms with Gasteiger partial charge in [-0.25, -0.2) is 9.05 Å². The van der Waals surface area contributed by atoms with E-state index in [2.05, 4.69) is 10.6 Å². The van der Waals surface area contributed by atoms with Crippen LogP contribution < -0.4 is 10.6 Å². The number of amides is 2. The Morgan fingerprint density at radius 2 is 1.11 bits per heavy atom. The minimum Gasteiger partial charge on any atom is -0.323 e. The standard InChI is InChI=1S/C20H19N2O5P/c1-15(23)21-19(17-9-5-3-6-10-17)13-26-28(25)27-14-20(22-16(2)24)18-11-7-4-8-12-18/h3-14H,1-2H3,(H-,21,22,23,24)/p+1/b19-13-,20-14-. The molecule has 2 aromatic rings. The van der Waals surface area contributed by atoms with Crippen LogP contribution in [-0.2, 0) is 23.2 Å². The third-order valence-electron chi connectivity index (χ3n) is 3.30. The molecule has 8 heteroatoms. The van der Waals surface area contributed by atoms with E-state index in [4.69, 9.17) is 9.05 Å². The molecule has 7 nitrogen and oxygen atoms in total. The highest BCUT2D eigenvalue weighted by atomic mass is 31.1. The minimum atomic E-state index is -2.58. The SMILES string of the molecule is CC(=O)N/C(=C\O[P+](=O)O/C=C(\NC(C)=O)c1ccccc1)c1ccccc1. The van der Waals surface area contributed by atoms with E-state index >= 15 is 0 Å². The molecule has 0 heterocycles. The summed E-state index contributed by atoms with van der Waals surface area (Å²) in [6.45, 7) is 2.71. The summed E-state index contributed by atoms with van der Waals surface area (Å²) in [6.07, 6.45) is 2.31. The zero-order valence-corrected chi connectivity index (χ0v) is 16.3. The predicted octanol–water partition coefficient (Wildman–Crippen LogP) is 3.95. The first-order chi connectivity index (χ1) is 13.5. The molecule has 0 saturated carbocycles. The molecule has 0 unspecified atom stereocenters. The maximum Gasteiger partial charge on any atom is 0.804 e. The highest BCUT2D eigenvalue weighted by Gasteiger charge is 2.21. The van der Waals surface area contributed by atoms with E-state index in [-0.39, 0.29) is 11.8 Å². The van der Waals surface area contributed by atoms with Crippen molar-refractivity contribution < 1.29 is 23.2 Å². The lowest BCUT2D eigenvalue weighted by Crippen LogP contribution is -2.18. The average molecular weight is 399 g/mol. The van der Waals surface area contributed by atoms with E-state index in [9.17, 15) is 14.2 Å². The lowest BCUT2D eigenvalue weighted by Gasteiger charge is -2.06. The summed E-state index contributed by atoms with van der Waals surface area (Å²) in [7, 11) is -2.58. The number of hydrogen-bond donors (Lipinski definition) is 2. The van der Waals surface area contributed by atoms with E-state index in [1.807, 2.05) is 12.1 Å². The van der Waals surface area contributed by atoms with Crippen LogP contribution in [0.5, 0.6) is 0 Å². The Morgan fingerprint density at radius 3 is 1.43 bits per heavy atom. The quantitative estimate of drug-likeness (QED) is 0.518. The number of hydrogen-bond acceptors (Lipinski definition) is 5. The Morgan fingerprint density at radius 1 is 0.750 bits per heavy atom. The van der Waals surface area contributed by atoms with Gasteiger partial charge in [-0.3, -0.25) is 9.59 Å². The molecule has 0 saturated heterocycles. The van der Waals surface area contributed by atoms with Crippen LogP contribution in [0.2, 0.25) is 0 Å². The first kappa shape index (κ1) is 20.9. The van der Waals surface area contributed by atoms with E-state index in [0.717, 1.165) is 12.5 Å².